The van der Waals surface area contributed by atoms with Crippen molar-refractivity contribution in [3.8, 4) is 17.0 Å². The molecule has 0 saturated carbocycles. The number of benzene rings is 1. The molecule has 2 amide bonds. The molecular weight excluding hydrogens is 364 g/mol. The highest BCUT2D eigenvalue weighted by Gasteiger charge is 2.09. The standard InChI is InChI=1S/C18H16N6O4/c1-27-12-4-2-3-11(7-12)14-5-6-16-20-15(10-24(16)22-14)21-18(26)19-9-13-8-17(25)23-28-13/h2-8,10H,9H2,1H3,(H,23,25)(H2,19,21,26). The highest BCUT2D eigenvalue weighted by molar-refractivity contribution is 5.88. The van der Waals surface area contributed by atoms with E-state index >= 15 is 0 Å². The van der Waals surface area contributed by atoms with Gasteiger partial charge in [0, 0.05) is 11.6 Å². The molecule has 4 aromatic rings. The van der Waals surface area contributed by atoms with Crippen LogP contribution >= 0.6 is 0 Å². The number of imidazole rings is 1. The van der Waals surface area contributed by atoms with E-state index in [1.165, 1.54) is 6.07 Å². The van der Waals surface area contributed by atoms with Crippen LogP contribution in [0.2, 0.25) is 0 Å². The number of carbonyl (C=O) groups is 1. The molecule has 3 aromatic heterocycles. The summed E-state index contributed by atoms with van der Waals surface area (Å²) in [6.45, 7) is 0.0657. The van der Waals surface area contributed by atoms with Crippen molar-refractivity contribution in [2.45, 2.75) is 6.54 Å². The van der Waals surface area contributed by atoms with Crippen LogP contribution < -0.4 is 20.9 Å². The lowest BCUT2D eigenvalue weighted by Crippen LogP contribution is -2.28. The van der Waals surface area contributed by atoms with Crippen molar-refractivity contribution >= 4 is 17.5 Å². The average Bonchev–Trinajstić information content (AvgIpc) is 3.31. The molecule has 10 nitrogen and oxygen atoms in total. The van der Waals surface area contributed by atoms with Crippen molar-refractivity contribution in [1.82, 2.24) is 25.1 Å². The molecule has 0 atom stereocenters. The molecule has 142 valence electrons. The number of hydrogen-bond acceptors (Lipinski definition) is 6. The number of methoxy groups -OCH3 is 1. The zero-order valence-corrected chi connectivity index (χ0v) is 14.8. The summed E-state index contributed by atoms with van der Waals surface area (Å²) in [7, 11) is 1.61. The van der Waals surface area contributed by atoms with Crippen LogP contribution in [-0.2, 0) is 6.54 Å². The summed E-state index contributed by atoms with van der Waals surface area (Å²) in [6, 6.07) is 12.0. The highest BCUT2D eigenvalue weighted by Crippen LogP contribution is 2.22. The normalized spacial score (nSPS) is 10.8. The molecule has 4 rings (SSSR count). The van der Waals surface area contributed by atoms with Gasteiger partial charge >= 0.3 is 6.03 Å². The van der Waals surface area contributed by atoms with Crippen molar-refractivity contribution in [3.05, 3.63) is 64.8 Å². The van der Waals surface area contributed by atoms with Gasteiger partial charge in [0.05, 0.1) is 25.5 Å². The Morgan fingerprint density at radius 2 is 2.18 bits per heavy atom. The number of nitrogens with zero attached hydrogens (tertiary/aromatic N) is 3. The third-order valence-corrected chi connectivity index (χ3v) is 3.93. The van der Waals surface area contributed by atoms with Crippen LogP contribution in [0.15, 0.2) is 58.0 Å². The van der Waals surface area contributed by atoms with Crippen molar-refractivity contribution in [3.63, 3.8) is 0 Å². The van der Waals surface area contributed by atoms with Crippen LogP contribution in [0.25, 0.3) is 16.9 Å². The Morgan fingerprint density at radius 1 is 1.29 bits per heavy atom. The number of rotatable bonds is 5. The fourth-order valence-corrected chi connectivity index (χ4v) is 2.61. The van der Waals surface area contributed by atoms with E-state index in [2.05, 4.69) is 25.9 Å². The quantitative estimate of drug-likeness (QED) is 0.486. The number of ether oxygens (including phenoxy) is 1. The molecule has 1 aromatic carbocycles. The first-order valence-electron chi connectivity index (χ1n) is 8.34. The second-order valence-electron chi connectivity index (χ2n) is 5.87. The van der Waals surface area contributed by atoms with Crippen molar-refractivity contribution in [2.24, 2.45) is 0 Å². The summed E-state index contributed by atoms with van der Waals surface area (Å²) < 4.78 is 11.7. The lowest BCUT2D eigenvalue weighted by Gasteiger charge is -2.04. The van der Waals surface area contributed by atoms with Crippen LogP contribution in [0, 0.1) is 0 Å². The molecule has 3 N–H and O–H groups in total. The maximum absolute atomic E-state index is 12.0. The van der Waals surface area contributed by atoms with Gasteiger partial charge in [-0.05, 0) is 24.3 Å². The molecule has 0 bridgehead atoms. The predicted molar refractivity (Wildman–Crippen MR) is 100 cm³/mol. The smallest absolute Gasteiger partial charge is 0.320 e. The Balaban J connectivity index is 1.48. The van der Waals surface area contributed by atoms with E-state index in [9.17, 15) is 9.59 Å². The van der Waals surface area contributed by atoms with Gasteiger partial charge in [-0.3, -0.25) is 10.1 Å². The van der Waals surface area contributed by atoms with E-state index in [1.54, 1.807) is 23.9 Å². The lowest BCUT2D eigenvalue weighted by molar-refractivity contribution is 0.250. The van der Waals surface area contributed by atoms with E-state index in [0.717, 1.165) is 17.0 Å². The van der Waals surface area contributed by atoms with E-state index < -0.39 is 6.03 Å². The van der Waals surface area contributed by atoms with Gasteiger partial charge in [0.15, 0.2) is 17.2 Å². The molecule has 28 heavy (non-hydrogen) atoms. The summed E-state index contributed by atoms with van der Waals surface area (Å²) in [4.78, 5) is 27.3. The molecule has 0 aliphatic heterocycles. The van der Waals surface area contributed by atoms with Crippen LogP contribution in [0.4, 0.5) is 10.6 Å². The average molecular weight is 380 g/mol. The number of urea groups is 1. The first kappa shape index (κ1) is 17.3. The summed E-state index contributed by atoms with van der Waals surface area (Å²) >= 11 is 0. The topological polar surface area (TPSA) is 127 Å². The first-order valence-corrected chi connectivity index (χ1v) is 8.34. The summed E-state index contributed by atoms with van der Waals surface area (Å²) in [5.41, 5.74) is 1.85. The van der Waals surface area contributed by atoms with E-state index in [4.69, 9.17) is 9.26 Å². The summed E-state index contributed by atoms with van der Waals surface area (Å²) in [5, 5.41) is 11.9. The number of H-pyrrole nitrogens is 1. The SMILES string of the molecule is COc1cccc(-c2ccc3nc(NC(=O)NCc4cc(=O)[nH]o4)cn3n2)c1. The number of hydrogen-bond donors (Lipinski definition) is 3. The van der Waals surface area contributed by atoms with Gasteiger partial charge in [0.2, 0.25) is 0 Å². The van der Waals surface area contributed by atoms with Crippen molar-refractivity contribution in [2.75, 3.05) is 12.4 Å². The molecule has 0 radical (unpaired) electrons. The molecule has 10 heteroatoms. The molecule has 0 unspecified atom stereocenters. The van der Waals surface area contributed by atoms with Gasteiger partial charge in [-0.1, -0.05) is 12.1 Å². The van der Waals surface area contributed by atoms with Gasteiger partial charge < -0.3 is 14.6 Å². The maximum Gasteiger partial charge on any atom is 0.320 e. The van der Waals surface area contributed by atoms with Crippen molar-refractivity contribution < 1.29 is 14.1 Å². The molecule has 0 spiro atoms. The number of anilines is 1. The van der Waals surface area contributed by atoms with Gasteiger partial charge in [-0.25, -0.2) is 14.3 Å². The van der Waals surface area contributed by atoms with E-state index in [1.807, 2.05) is 30.3 Å². The van der Waals surface area contributed by atoms with Gasteiger partial charge in [0.1, 0.15) is 5.75 Å². The maximum atomic E-state index is 12.0. The highest BCUT2D eigenvalue weighted by atomic mass is 16.5. The predicted octanol–water partition coefficient (Wildman–Crippen LogP) is 2.01. The minimum atomic E-state index is -0.486. The zero-order chi connectivity index (χ0) is 19.5. The summed E-state index contributed by atoms with van der Waals surface area (Å²) in [5.74, 6) is 1.39. The van der Waals surface area contributed by atoms with Gasteiger partial charge in [-0.15, -0.1) is 0 Å². The summed E-state index contributed by atoms with van der Waals surface area (Å²) in [6.07, 6.45) is 1.61. The van der Waals surface area contributed by atoms with Gasteiger partial charge in [0.25, 0.3) is 5.56 Å². The number of carbonyl (C=O) groups excluding carboxylic acids is 1. The van der Waals surface area contributed by atoms with Crippen LogP contribution in [0.1, 0.15) is 5.76 Å². The Morgan fingerprint density at radius 3 is 2.96 bits per heavy atom. The van der Waals surface area contributed by atoms with Crippen LogP contribution in [0.5, 0.6) is 5.75 Å². The Labute approximate surface area is 158 Å². The molecular formula is C18H16N6O4. The number of fused-ring (bicyclic) bond motifs is 1. The first-order chi connectivity index (χ1) is 13.6. The minimum Gasteiger partial charge on any atom is -0.497 e. The molecule has 0 aliphatic rings. The largest absolute Gasteiger partial charge is 0.497 e. The minimum absolute atomic E-state index is 0.0657. The molecule has 0 fully saturated rings. The van der Waals surface area contributed by atoms with E-state index in [-0.39, 0.29) is 12.1 Å². The van der Waals surface area contributed by atoms with E-state index in [0.29, 0.717) is 17.2 Å². The number of aromatic amines is 1. The van der Waals surface area contributed by atoms with Crippen LogP contribution in [-0.4, -0.2) is 32.9 Å². The Hall–Kier alpha value is -4.08. The third kappa shape index (κ3) is 3.70. The fourth-order valence-electron chi connectivity index (χ4n) is 2.61. The zero-order valence-electron chi connectivity index (χ0n) is 14.8. The number of amides is 2. The molecule has 0 aliphatic carbocycles. The number of nitrogens with one attached hydrogen (secondary N) is 3. The second-order valence-corrected chi connectivity index (χ2v) is 5.87. The number of aromatic nitrogens is 4. The Bertz CT molecular complexity index is 1190. The monoisotopic (exact) mass is 380 g/mol. The lowest BCUT2D eigenvalue weighted by atomic mass is 10.1. The Kier molecular flexibility index (Phi) is 4.50. The molecule has 3 heterocycles. The van der Waals surface area contributed by atoms with Gasteiger partial charge in [-0.2, -0.15) is 10.3 Å². The third-order valence-electron chi connectivity index (χ3n) is 3.93. The second kappa shape index (κ2) is 7.27. The molecule has 0 saturated heterocycles. The van der Waals surface area contributed by atoms with Crippen LogP contribution in [0.3, 0.4) is 0 Å². The van der Waals surface area contributed by atoms with Crippen molar-refractivity contribution in [1.29, 1.82) is 0 Å². The fraction of sp³-hybridized carbons (Fsp3) is 0.111.